The molecule has 0 unspecified atom stereocenters. The molecule has 0 aliphatic carbocycles. The lowest BCUT2D eigenvalue weighted by Crippen LogP contribution is -2.35. The standard InChI is InChI=1S/C22H22BrFN4O2/c1-13-11-16(23)5-10-19(13)25-20(29)12-27(4)22(30)21-14(2)26-28(15(21)3)18-8-6-17(24)7-9-18/h5-11H,12H2,1-4H3,(H,25,29). The first kappa shape index (κ1) is 21.7. The number of aryl methyl sites for hydroxylation is 2. The van der Waals surface area contributed by atoms with Gasteiger partial charge in [0.2, 0.25) is 5.91 Å². The summed E-state index contributed by atoms with van der Waals surface area (Å²) >= 11 is 3.39. The van der Waals surface area contributed by atoms with Crippen molar-refractivity contribution in [2.24, 2.45) is 0 Å². The van der Waals surface area contributed by atoms with Crippen molar-refractivity contribution in [2.75, 3.05) is 18.9 Å². The van der Waals surface area contributed by atoms with Crippen LogP contribution in [-0.4, -0.2) is 40.1 Å². The van der Waals surface area contributed by atoms with Gasteiger partial charge in [-0.25, -0.2) is 9.07 Å². The van der Waals surface area contributed by atoms with Crippen molar-refractivity contribution in [1.29, 1.82) is 0 Å². The van der Waals surface area contributed by atoms with Gasteiger partial charge in [0.15, 0.2) is 0 Å². The van der Waals surface area contributed by atoms with Crippen LogP contribution in [0.3, 0.4) is 0 Å². The predicted molar refractivity (Wildman–Crippen MR) is 117 cm³/mol. The Balaban J connectivity index is 1.75. The molecule has 2 amide bonds. The lowest BCUT2D eigenvalue weighted by atomic mass is 10.1. The summed E-state index contributed by atoms with van der Waals surface area (Å²) in [7, 11) is 1.57. The molecule has 1 aromatic heterocycles. The zero-order valence-electron chi connectivity index (χ0n) is 17.2. The molecule has 3 aromatic rings. The third-order valence-electron chi connectivity index (χ3n) is 4.77. The Kier molecular flexibility index (Phi) is 6.36. The fraction of sp³-hybridized carbons (Fsp3) is 0.227. The minimum absolute atomic E-state index is 0.102. The number of nitrogens with one attached hydrogen (secondary N) is 1. The van der Waals surface area contributed by atoms with Gasteiger partial charge in [-0.15, -0.1) is 0 Å². The third-order valence-corrected chi connectivity index (χ3v) is 5.26. The Morgan fingerprint density at radius 2 is 1.80 bits per heavy atom. The van der Waals surface area contributed by atoms with Gasteiger partial charge in [-0.1, -0.05) is 15.9 Å². The average Bonchev–Trinajstić information content (AvgIpc) is 2.98. The molecular formula is C22H22BrFN4O2. The molecule has 30 heavy (non-hydrogen) atoms. The minimum Gasteiger partial charge on any atom is -0.332 e. The van der Waals surface area contributed by atoms with Crippen LogP contribution in [0.25, 0.3) is 5.69 Å². The van der Waals surface area contributed by atoms with E-state index < -0.39 is 0 Å². The van der Waals surface area contributed by atoms with E-state index in [1.165, 1.54) is 17.0 Å². The van der Waals surface area contributed by atoms with Gasteiger partial charge in [0.05, 0.1) is 29.2 Å². The summed E-state index contributed by atoms with van der Waals surface area (Å²) in [5.41, 5.74) is 3.86. The monoisotopic (exact) mass is 472 g/mol. The number of likely N-dealkylation sites (N-methyl/N-ethyl adjacent to an activating group) is 1. The van der Waals surface area contributed by atoms with Gasteiger partial charge < -0.3 is 10.2 Å². The highest BCUT2D eigenvalue weighted by molar-refractivity contribution is 9.10. The topological polar surface area (TPSA) is 67.2 Å². The smallest absolute Gasteiger partial charge is 0.257 e. The molecule has 3 rings (SSSR count). The van der Waals surface area contributed by atoms with Crippen LogP contribution < -0.4 is 5.32 Å². The Bertz CT molecular complexity index is 1110. The second-order valence-electron chi connectivity index (χ2n) is 7.10. The summed E-state index contributed by atoms with van der Waals surface area (Å²) in [6.45, 7) is 5.30. The molecule has 0 saturated carbocycles. The van der Waals surface area contributed by atoms with Crippen LogP contribution >= 0.6 is 15.9 Å². The number of aromatic nitrogens is 2. The second-order valence-corrected chi connectivity index (χ2v) is 8.02. The van der Waals surface area contributed by atoms with E-state index in [0.29, 0.717) is 28.3 Å². The van der Waals surface area contributed by atoms with Crippen molar-refractivity contribution in [1.82, 2.24) is 14.7 Å². The van der Waals surface area contributed by atoms with Crippen molar-refractivity contribution >= 4 is 33.4 Å². The van der Waals surface area contributed by atoms with Gasteiger partial charge in [-0.2, -0.15) is 5.10 Å². The van der Waals surface area contributed by atoms with E-state index in [0.717, 1.165) is 10.0 Å². The van der Waals surface area contributed by atoms with Crippen molar-refractivity contribution in [3.05, 3.63) is 75.3 Å². The Morgan fingerprint density at radius 1 is 1.13 bits per heavy atom. The van der Waals surface area contributed by atoms with Crippen LogP contribution in [0.1, 0.15) is 27.3 Å². The number of carbonyl (C=O) groups is 2. The molecule has 0 atom stereocenters. The number of amides is 2. The fourth-order valence-corrected chi connectivity index (χ4v) is 3.70. The van der Waals surface area contributed by atoms with E-state index in [1.807, 2.05) is 19.1 Å². The molecule has 156 valence electrons. The highest BCUT2D eigenvalue weighted by atomic mass is 79.9. The zero-order chi connectivity index (χ0) is 22.0. The van der Waals surface area contributed by atoms with E-state index in [1.54, 1.807) is 43.8 Å². The van der Waals surface area contributed by atoms with E-state index in [-0.39, 0.29) is 24.2 Å². The van der Waals surface area contributed by atoms with Crippen LogP contribution in [0.2, 0.25) is 0 Å². The molecule has 1 N–H and O–H groups in total. The number of carbonyl (C=O) groups excluding carboxylic acids is 2. The van der Waals surface area contributed by atoms with Gasteiger partial charge in [0.1, 0.15) is 5.82 Å². The van der Waals surface area contributed by atoms with Gasteiger partial charge >= 0.3 is 0 Å². The van der Waals surface area contributed by atoms with E-state index in [4.69, 9.17) is 0 Å². The number of nitrogens with zero attached hydrogens (tertiary/aromatic N) is 3. The summed E-state index contributed by atoms with van der Waals surface area (Å²) < 4.78 is 15.7. The van der Waals surface area contributed by atoms with Crippen LogP contribution in [0, 0.1) is 26.6 Å². The van der Waals surface area contributed by atoms with E-state index in [9.17, 15) is 14.0 Å². The van der Waals surface area contributed by atoms with Crippen molar-refractivity contribution in [3.63, 3.8) is 0 Å². The van der Waals surface area contributed by atoms with Gasteiger partial charge in [0.25, 0.3) is 5.91 Å². The number of rotatable bonds is 5. The second kappa shape index (κ2) is 8.79. The van der Waals surface area contributed by atoms with Gasteiger partial charge in [-0.05, 0) is 68.8 Å². The van der Waals surface area contributed by atoms with Gasteiger partial charge in [-0.3, -0.25) is 9.59 Å². The maximum absolute atomic E-state index is 13.2. The van der Waals surface area contributed by atoms with Crippen molar-refractivity contribution in [2.45, 2.75) is 20.8 Å². The van der Waals surface area contributed by atoms with Crippen LogP contribution in [-0.2, 0) is 4.79 Å². The number of hydrogen-bond acceptors (Lipinski definition) is 3. The number of hydrogen-bond donors (Lipinski definition) is 1. The third kappa shape index (κ3) is 4.59. The summed E-state index contributed by atoms with van der Waals surface area (Å²) in [4.78, 5) is 26.8. The number of halogens is 2. The number of anilines is 1. The first-order chi connectivity index (χ1) is 14.2. The first-order valence-corrected chi connectivity index (χ1v) is 10.1. The SMILES string of the molecule is Cc1cc(Br)ccc1NC(=O)CN(C)C(=O)c1c(C)nn(-c2ccc(F)cc2)c1C. The lowest BCUT2D eigenvalue weighted by molar-refractivity contribution is -0.116. The Morgan fingerprint density at radius 3 is 2.43 bits per heavy atom. The van der Waals surface area contributed by atoms with E-state index >= 15 is 0 Å². The molecule has 2 aromatic carbocycles. The molecule has 0 aliphatic heterocycles. The molecule has 6 nitrogen and oxygen atoms in total. The number of benzene rings is 2. The average molecular weight is 473 g/mol. The molecule has 8 heteroatoms. The molecular weight excluding hydrogens is 451 g/mol. The summed E-state index contributed by atoms with van der Waals surface area (Å²) in [5.74, 6) is -0.943. The molecule has 0 bridgehead atoms. The quantitative estimate of drug-likeness (QED) is 0.597. The minimum atomic E-state index is -0.344. The fourth-order valence-electron chi connectivity index (χ4n) is 3.22. The largest absolute Gasteiger partial charge is 0.332 e. The summed E-state index contributed by atoms with van der Waals surface area (Å²) in [5, 5.41) is 7.25. The lowest BCUT2D eigenvalue weighted by Gasteiger charge is -2.18. The normalized spacial score (nSPS) is 10.7. The van der Waals surface area contributed by atoms with Crippen molar-refractivity contribution in [3.8, 4) is 5.69 Å². The molecule has 0 saturated heterocycles. The van der Waals surface area contributed by atoms with Crippen LogP contribution in [0.5, 0.6) is 0 Å². The van der Waals surface area contributed by atoms with E-state index in [2.05, 4.69) is 26.3 Å². The Labute approximate surface area is 182 Å². The zero-order valence-corrected chi connectivity index (χ0v) is 18.7. The molecule has 1 heterocycles. The molecule has 0 aliphatic rings. The molecule has 0 radical (unpaired) electrons. The van der Waals surface area contributed by atoms with Gasteiger partial charge in [0, 0.05) is 17.2 Å². The maximum Gasteiger partial charge on any atom is 0.257 e. The van der Waals surface area contributed by atoms with Crippen LogP contribution in [0.15, 0.2) is 46.9 Å². The summed E-state index contributed by atoms with van der Waals surface area (Å²) in [6, 6.07) is 11.4. The highest BCUT2D eigenvalue weighted by Crippen LogP contribution is 2.21. The molecule has 0 spiro atoms. The first-order valence-electron chi connectivity index (χ1n) is 9.31. The Hall–Kier alpha value is -3.00. The van der Waals surface area contributed by atoms with Crippen molar-refractivity contribution < 1.29 is 14.0 Å². The predicted octanol–water partition coefficient (Wildman–Crippen LogP) is 4.41. The summed E-state index contributed by atoms with van der Waals surface area (Å²) in [6.07, 6.45) is 0. The maximum atomic E-state index is 13.2. The molecule has 0 fully saturated rings. The van der Waals surface area contributed by atoms with Crippen LogP contribution in [0.4, 0.5) is 10.1 Å². The highest BCUT2D eigenvalue weighted by Gasteiger charge is 2.23.